The average molecular weight is 412 g/mol. The molecule has 2 aromatic carbocycles. The van der Waals surface area contributed by atoms with Crippen LogP contribution in [0.5, 0.6) is 17.2 Å². The van der Waals surface area contributed by atoms with Crippen molar-refractivity contribution < 1.29 is 19.0 Å². The SMILES string of the molecule is COc1cc(-c2cc(/C=C3\C(=O)Nc4ccc(Cl)cc43)[nH]n2)cc(OC)c1OC. The maximum Gasteiger partial charge on any atom is 0.256 e. The van der Waals surface area contributed by atoms with E-state index in [1.807, 2.05) is 18.2 Å². The Kier molecular flexibility index (Phi) is 4.90. The van der Waals surface area contributed by atoms with Crippen LogP contribution >= 0.6 is 11.6 Å². The van der Waals surface area contributed by atoms with E-state index < -0.39 is 0 Å². The Bertz CT molecular complexity index is 1110. The summed E-state index contributed by atoms with van der Waals surface area (Å²) in [5.41, 5.74) is 4.12. The van der Waals surface area contributed by atoms with E-state index in [1.54, 1.807) is 45.6 Å². The number of halogens is 1. The predicted molar refractivity (Wildman–Crippen MR) is 112 cm³/mol. The Hall–Kier alpha value is -3.45. The predicted octanol–water partition coefficient (Wildman–Crippen LogP) is 4.25. The Morgan fingerprint density at radius 1 is 1.00 bits per heavy atom. The zero-order valence-electron chi connectivity index (χ0n) is 16.0. The molecule has 0 bridgehead atoms. The van der Waals surface area contributed by atoms with Crippen molar-refractivity contribution in [3.63, 3.8) is 0 Å². The van der Waals surface area contributed by atoms with Crippen molar-refractivity contribution in [3.8, 4) is 28.5 Å². The fraction of sp³-hybridized carbons (Fsp3) is 0.143. The van der Waals surface area contributed by atoms with Crippen molar-refractivity contribution in [1.29, 1.82) is 0 Å². The molecule has 1 aromatic heterocycles. The first-order valence-corrected chi connectivity index (χ1v) is 9.10. The van der Waals surface area contributed by atoms with Crippen LogP contribution in [0.2, 0.25) is 5.02 Å². The van der Waals surface area contributed by atoms with Crippen LogP contribution in [0.4, 0.5) is 5.69 Å². The van der Waals surface area contributed by atoms with E-state index in [-0.39, 0.29) is 5.91 Å². The number of hydrogen-bond donors (Lipinski definition) is 2. The minimum absolute atomic E-state index is 0.189. The topological polar surface area (TPSA) is 85.5 Å². The van der Waals surface area contributed by atoms with Crippen LogP contribution in [0.3, 0.4) is 0 Å². The van der Waals surface area contributed by atoms with Crippen LogP contribution in [-0.2, 0) is 4.79 Å². The fourth-order valence-electron chi connectivity index (χ4n) is 3.25. The third-order valence-corrected chi connectivity index (χ3v) is 4.86. The number of carbonyl (C=O) groups is 1. The van der Waals surface area contributed by atoms with Gasteiger partial charge in [-0.1, -0.05) is 11.6 Å². The van der Waals surface area contributed by atoms with Gasteiger partial charge in [-0.15, -0.1) is 0 Å². The number of ether oxygens (including phenoxy) is 3. The third-order valence-electron chi connectivity index (χ3n) is 4.62. The Labute approximate surface area is 172 Å². The number of carbonyl (C=O) groups excluding carboxylic acids is 1. The molecular formula is C21H18ClN3O4. The summed E-state index contributed by atoms with van der Waals surface area (Å²) in [6, 6.07) is 10.7. The summed E-state index contributed by atoms with van der Waals surface area (Å²) in [6.45, 7) is 0. The van der Waals surface area contributed by atoms with E-state index in [0.717, 1.165) is 16.8 Å². The fourth-order valence-corrected chi connectivity index (χ4v) is 3.42. The molecule has 1 aliphatic rings. The number of fused-ring (bicyclic) bond motifs is 1. The molecule has 0 aliphatic carbocycles. The molecule has 2 N–H and O–H groups in total. The Morgan fingerprint density at radius 2 is 1.72 bits per heavy atom. The molecule has 4 rings (SSSR count). The number of aromatic nitrogens is 2. The first kappa shape index (κ1) is 18.9. The highest BCUT2D eigenvalue weighted by atomic mass is 35.5. The molecule has 0 spiro atoms. The van der Waals surface area contributed by atoms with Gasteiger partial charge in [-0.2, -0.15) is 5.10 Å². The summed E-state index contributed by atoms with van der Waals surface area (Å²) >= 11 is 6.08. The van der Waals surface area contributed by atoms with Gasteiger partial charge in [-0.3, -0.25) is 9.89 Å². The Balaban J connectivity index is 1.73. The zero-order valence-corrected chi connectivity index (χ0v) is 16.8. The van der Waals surface area contributed by atoms with Gasteiger partial charge in [-0.25, -0.2) is 0 Å². The second-order valence-electron chi connectivity index (χ2n) is 6.32. The maximum absolute atomic E-state index is 12.4. The van der Waals surface area contributed by atoms with E-state index in [0.29, 0.717) is 39.2 Å². The van der Waals surface area contributed by atoms with Crippen LogP contribution in [0.15, 0.2) is 36.4 Å². The van der Waals surface area contributed by atoms with Crippen molar-refractivity contribution >= 4 is 34.8 Å². The van der Waals surface area contributed by atoms with Gasteiger partial charge in [0.25, 0.3) is 5.91 Å². The zero-order chi connectivity index (χ0) is 20.5. The number of benzene rings is 2. The van der Waals surface area contributed by atoms with Crippen molar-refractivity contribution in [2.75, 3.05) is 26.6 Å². The number of nitrogens with one attached hydrogen (secondary N) is 2. The molecule has 0 saturated carbocycles. The second kappa shape index (κ2) is 7.52. The van der Waals surface area contributed by atoms with Crippen LogP contribution in [0, 0.1) is 0 Å². The van der Waals surface area contributed by atoms with Gasteiger partial charge in [0.2, 0.25) is 5.75 Å². The lowest BCUT2D eigenvalue weighted by atomic mass is 10.1. The molecule has 29 heavy (non-hydrogen) atoms. The van der Waals surface area contributed by atoms with Crippen LogP contribution in [0.25, 0.3) is 22.9 Å². The molecule has 3 aromatic rings. The van der Waals surface area contributed by atoms with Gasteiger partial charge in [0.1, 0.15) is 0 Å². The van der Waals surface area contributed by atoms with Gasteiger partial charge in [-0.05, 0) is 42.5 Å². The molecule has 0 saturated heterocycles. The van der Waals surface area contributed by atoms with Crippen LogP contribution in [-0.4, -0.2) is 37.4 Å². The number of nitrogens with zero attached hydrogens (tertiary/aromatic N) is 1. The standard InChI is InChI=1S/C21H18ClN3O4/c1-27-18-6-11(7-19(28-2)20(18)29-3)17-10-13(24-25-17)9-15-14-8-12(22)4-5-16(14)23-21(15)26/h4-10H,1-3H3,(H,23,26)(H,24,25)/b15-9-. The first-order chi connectivity index (χ1) is 14.0. The van der Waals surface area contributed by atoms with Crippen molar-refractivity contribution in [2.24, 2.45) is 0 Å². The lowest BCUT2D eigenvalue weighted by Gasteiger charge is -2.13. The smallest absolute Gasteiger partial charge is 0.256 e. The van der Waals surface area contributed by atoms with E-state index in [4.69, 9.17) is 25.8 Å². The summed E-state index contributed by atoms with van der Waals surface area (Å²) in [7, 11) is 4.67. The molecule has 1 amide bonds. The van der Waals surface area contributed by atoms with Crippen molar-refractivity contribution in [1.82, 2.24) is 10.2 Å². The quantitative estimate of drug-likeness (QED) is 0.613. The number of hydrogen-bond acceptors (Lipinski definition) is 5. The normalized spacial score (nSPS) is 13.9. The van der Waals surface area contributed by atoms with E-state index in [9.17, 15) is 4.79 Å². The summed E-state index contributed by atoms with van der Waals surface area (Å²) in [6.07, 6.45) is 1.74. The van der Waals surface area contributed by atoms with Crippen molar-refractivity contribution in [2.45, 2.75) is 0 Å². The molecule has 7 nitrogen and oxygen atoms in total. The molecule has 8 heteroatoms. The van der Waals surface area contributed by atoms with Gasteiger partial charge in [0, 0.05) is 21.8 Å². The summed E-state index contributed by atoms with van der Waals surface area (Å²) < 4.78 is 16.2. The van der Waals surface area contributed by atoms with Gasteiger partial charge < -0.3 is 19.5 Å². The highest BCUT2D eigenvalue weighted by Gasteiger charge is 2.24. The number of rotatable bonds is 5. The summed E-state index contributed by atoms with van der Waals surface area (Å²) in [4.78, 5) is 12.4. The molecule has 0 unspecified atom stereocenters. The van der Waals surface area contributed by atoms with Crippen molar-refractivity contribution in [3.05, 3.63) is 52.7 Å². The van der Waals surface area contributed by atoms with E-state index in [1.165, 1.54) is 0 Å². The lowest BCUT2D eigenvalue weighted by Crippen LogP contribution is -2.03. The molecule has 2 heterocycles. The number of amides is 1. The molecule has 0 fully saturated rings. The molecular weight excluding hydrogens is 394 g/mol. The molecule has 148 valence electrons. The van der Waals surface area contributed by atoms with Gasteiger partial charge >= 0.3 is 0 Å². The number of anilines is 1. The minimum Gasteiger partial charge on any atom is -0.493 e. The first-order valence-electron chi connectivity index (χ1n) is 8.72. The van der Waals surface area contributed by atoms with Gasteiger partial charge in [0.15, 0.2) is 11.5 Å². The van der Waals surface area contributed by atoms with E-state index in [2.05, 4.69) is 15.5 Å². The monoisotopic (exact) mass is 411 g/mol. The van der Waals surface area contributed by atoms with E-state index >= 15 is 0 Å². The second-order valence-corrected chi connectivity index (χ2v) is 6.76. The highest BCUT2D eigenvalue weighted by molar-refractivity contribution is 6.36. The lowest BCUT2D eigenvalue weighted by molar-refractivity contribution is -0.110. The largest absolute Gasteiger partial charge is 0.493 e. The van der Waals surface area contributed by atoms with Gasteiger partial charge in [0.05, 0.1) is 38.3 Å². The number of methoxy groups -OCH3 is 3. The average Bonchev–Trinajstić information content (AvgIpc) is 3.32. The summed E-state index contributed by atoms with van der Waals surface area (Å²) in [5.74, 6) is 1.38. The third kappa shape index (κ3) is 3.40. The highest BCUT2D eigenvalue weighted by Crippen LogP contribution is 2.41. The molecule has 1 aliphatic heterocycles. The summed E-state index contributed by atoms with van der Waals surface area (Å²) in [5, 5.41) is 10.7. The Morgan fingerprint density at radius 3 is 2.38 bits per heavy atom. The molecule has 0 atom stereocenters. The minimum atomic E-state index is -0.189. The number of aromatic amines is 1. The van der Waals surface area contributed by atoms with Crippen LogP contribution < -0.4 is 19.5 Å². The van der Waals surface area contributed by atoms with Crippen LogP contribution in [0.1, 0.15) is 11.3 Å². The maximum atomic E-state index is 12.4. The number of H-pyrrole nitrogens is 1. The molecule has 0 radical (unpaired) electrons.